The van der Waals surface area contributed by atoms with Gasteiger partial charge in [-0.3, -0.25) is 13.9 Å². The Labute approximate surface area is 262 Å². The van der Waals surface area contributed by atoms with Crippen LogP contribution in [0.2, 0.25) is 15.1 Å². The third-order valence-electron chi connectivity index (χ3n) is 6.47. The maximum atomic E-state index is 14.1. The molecule has 3 rings (SSSR count). The summed E-state index contributed by atoms with van der Waals surface area (Å²) < 4.78 is 34.8. The van der Waals surface area contributed by atoms with Gasteiger partial charge in [0, 0.05) is 28.2 Å². The quantitative estimate of drug-likeness (QED) is 0.198. The number of benzene rings is 3. The number of sulfonamides is 1. The van der Waals surface area contributed by atoms with Crippen molar-refractivity contribution in [2.45, 2.75) is 51.1 Å². The van der Waals surface area contributed by atoms with Crippen LogP contribution in [-0.4, -0.2) is 50.9 Å². The molecule has 3 aromatic rings. The van der Waals surface area contributed by atoms with Crippen LogP contribution >= 0.6 is 34.8 Å². The van der Waals surface area contributed by atoms with Crippen molar-refractivity contribution in [3.63, 3.8) is 0 Å². The minimum atomic E-state index is -4.29. The predicted molar refractivity (Wildman–Crippen MR) is 168 cm³/mol. The zero-order chi connectivity index (χ0) is 30.9. The molecule has 0 heterocycles. The number of carbonyl (C=O) groups is 2. The number of hydrogen-bond donors (Lipinski definition) is 1. The molecule has 0 bridgehead atoms. The van der Waals surface area contributed by atoms with Crippen molar-refractivity contribution in [1.29, 1.82) is 0 Å². The molecule has 226 valence electrons. The van der Waals surface area contributed by atoms with E-state index in [-0.39, 0.29) is 35.4 Å². The SMILES string of the molecule is CCCCNC(=O)[C@@H](C)N(Cc1ccc(Cl)cc1Cl)C(=O)CN(c1ccccc1OCC)S(=O)(=O)c1ccc(Cl)cc1. The Bertz CT molecular complexity index is 1490. The fourth-order valence-corrected chi connectivity index (χ4v) is 6.16. The van der Waals surface area contributed by atoms with E-state index in [0.717, 1.165) is 17.1 Å². The van der Waals surface area contributed by atoms with Gasteiger partial charge in [-0.05, 0) is 74.4 Å². The van der Waals surface area contributed by atoms with Gasteiger partial charge in [-0.15, -0.1) is 0 Å². The minimum absolute atomic E-state index is 0.0564. The number of amides is 2. The lowest BCUT2D eigenvalue weighted by atomic mass is 10.1. The zero-order valence-electron chi connectivity index (χ0n) is 23.6. The second-order valence-electron chi connectivity index (χ2n) is 9.44. The van der Waals surface area contributed by atoms with Gasteiger partial charge in [0.15, 0.2) is 0 Å². The van der Waals surface area contributed by atoms with Gasteiger partial charge in [0.05, 0.1) is 17.2 Å². The fraction of sp³-hybridized carbons (Fsp3) is 0.333. The van der Waals surface area contributed by atoms with E-state index >= 15 is 0 Å². The number of para-hydroxylation sites is 2. The Morgan fingerprint density at radius 2 is 1.62 bits per heavy atom. The number of unbranched alkanes of at least 4 members (excludes halogenated alkanes) is 1. The molecule has 0 saturated heterocycles. The first kappa shape index (κ1) is 33.5. The first-order chi connectivity index (χ1) is 20.0. The fourth-order valence-electron chi connectivity index (χ4n) is 4.14. The van der Waals surface area contributed by atoms with Crippen LogP contribution in [0.3, 0.4) is 0 Å². The topological polar surface area (TPSA) is 96.0 Å². The van der Waals surface area contributed by atoms with Crippen molar-refractivity contribution >= 4 is 62.3 Å². The Hall–Kier alpha value is -2.98. The van der Waals surface area contributed by atoms with E-state index in [2.05, 4.69) is 5.32 Å². The average molecular weight is 655 g/mol. The van der Waals surface area contributed by atoms with Crippen LogP contribution in [-0.2, 0) is 26.2 Å². The standard InChI is InChI=1S/C30H34Cl3N3O5S/c1-4-6-17-34-30(38)21(3)35(19-22-11-12-24(32)18-26(22)33)29(37)20-36(27-9-7-8-10-28(27)41-5-2)42(39,40)25-15-13-23(31)14-16-25/h7-16,18,21H,4-6,17,19-20H2,1-3H3,(H,34,38)/t21-/m1/s1. The third kappa shape index (κ3) is 8.53. The van der Waals surface area contributed by atoms with Crippen LogP contribution in [0, 0.1) is 0 Å². The highest BCUT2D eigenvalue weighted by Gasteiger charge is 2.34. The lowest BCUT2D eigenvalue weighted by molar-refractivity contribution is -0.139. The molecule has 8 nitrogen and oxygen atoms in total. The smallest absolute Gasteiger partial charge is 0.264 e. The highest BCUT2D eigenvalue weighted by Crippen LogP contribution is 2.33. The van der Waals surface area contributed by atoms with Gasteiger partial charge in [-0.1, -0.05) is 66.3 Å². The van der Waals surface area contributed by atoms with Crippen molar-refractivity contribution in [2.24, 2.45) is 0 Å². The lowest BCUT2D eigenvalue weighted by Gasteiger charge is -2.32. The molecule has 0 radical (unpaired) electrons. The number of anilines is 1. The molecule has 2 amide bonds. The Balaban J connectivity index is 2.07. The third-order valence-corrected chi connectivity index (χ3v) is 9.08. The molecule has 0 aromatic heterocycles. The Kier molecular flexibility index (Phi) is 12.4. The van der Waals surface area contributed by atoms with Crippen LogP contribution in [0.15, 0.2) is 71.6 Å². The number of rotatable bonds is 14. The second kappa shape index (κ2) is 15.5. The van der Waals surface area contributed by atoms with E-state index in [1.807, 2.05) is 6.92 Å². The summed E-state index contributed by atoms with van der Waals surface area (Å²) in [6, 6.07) is 16.1. The highest BCUT2D eigenvalue weighted by atomic mass is 35.5. The van der Waals surface area contributed by atoms with Gasteiger partial charge in [0.25, 0.3) is 10.0 Å². The van der Waals surface area contributed by atoms with Gasteiger partial charge in [0.1, 0.15) is 18.3 Å². The number of hydrogen-bond acceptors (Lipinski definition) is 5. The van der Waals surface area contributed by atoms with Crippen LogP contribution in [0.5, 0.6) is 5.75 Å². The largest absolute Gasteiger partial charge is 0.492 e. The number of nitrogens with one attached hydrogen (secondary N) is 1. The van der Waals surface area contributed by atoms with E-state index in [4.69, 9.17) is 39.5 Å². The molecule has 0 saturated carbocycles. The first-order valence-electron chi connectivity index (χ1n) is 13.5. The van der Waals surface area contributed by atoms with Gasteiger partial charge >= 0.3 is 0 Å². The molecule has 3 aromatic carbocycles. The zero-order valence-corrected chi connectivity index (χ0v) is 26.7. The number of ether oxygens (including phenoxy) is 1. The molecule has 0 aliphatic rings. The summed E-state index contributed by atoms with van der Waals surface area (Å²) in [4.78, 5) is 28.5. The number of halogens is 3. The van der Waals surface area contributed by atoms with Crippen molar-refractivity contribution in [3.05, 3.63) is 87.4 Å². The van der Waals surface area contributed by atoms with E-state index in [1.165, 1.54) is 29.2 Å². The summed E-state index contributed by atoms with van der Waals surface area (Å²) in [6.45, 7) is 5.42. The van der Waals surface area contributed by atoms with Crippen LogP contribution in [0.25, 0.3) is 0 Å². The van der Waals surface area contributed by atoms with Gasteiger partial charge < -0.3 is 15.0 Å². The first-order valence-corrected chi connectivity index (χ1v) is 16.1. The monoisotopic (exact) mass is 653 g/mol. The molecule has 0 aliphatic heterocycles. The minimum Gasteiger partial charge on any atom is -0.492 e. The lowest BCUT2D eigenvalue weighted by Crippen LogP contribution is -2.51. The normalized spacial score (nSPS) is 12.0. The maximum Gasteiger partial charge on any atom is 0.264 e. The molecular formula is C30H34Cl3N3O5S. The molecule has 12 heteroatoms. The van der Waals surface area contributed by atoms with Crippen molar-refractivity contribution in [3.8, 4) is 5.75 Å². The molecule has 0 fully saturated rings. The van der Waals surface area contributed by atoms with Crippen molar-refractivity contribution in [1.82, 2.24) is 10.2 Å². The van der Waals surface area contributed by atoms with E-state index < -0.39 is 28.5 Å². The number of carbonyl (C=O) groups excluding carboxylic acids is 2. The maximum absolute atomic E-state index is 14.1. The molecular weight excluding hydrogens is 621 g/mol. The predicted octanol–water partition coefficient (Wildman–Crippen LogP) is 6.57. The Morgan fingerprint density at radius 1 is 0.952 bits per heavy atom. The van der Waals surface area contributed by atoms with Gasteiger partial charge in [-0.25, -0.2) is 8.42 Å². The van der Waals surface area contributed by atoms with Crippen molar-refractivity contribution < 1.29 is 22.7 Å². The summed E-state index contributed by atoms with van der Waals surface area (Å²) in [7, 11) is -4.29. The van der Waals surface area contributed by atoms with Gasteiger partial charge in [0.2, 0.25) is 11.8 Å². The van der Waals surface area contributed by atoms with E-state index in [9.17, 15) is 18.0 Å². The second-order valence-corrected chi connectivity index (χ2v) is 12.6. The Morgan fingerprint density at radius 3 is 2.26 bits per heavy atom. The highest BCUT2D eigenvalue weighted by molar-refractivity contribution is 7.92. The van der Waals surface area contributed by atoms with Crippen molar-refractivity contribution in [2.75, 3.05) is 24.0 Å². The van der Waals surface area contributed by atoms with Crippen LogP contribution in [0.4, 0.5) is 5.69 Å². The molecule has 0 spiro atoms. The molecule has 1 N–H and O–H groups in total. The van der Waals surface area contributed by atoms with E-state index in [1.54, 1.807) is 56.3 Å². The van der Waals surface area contributed by atoms with E-state index in [0.29, 0.717) is 27.2 Å². The average Bonchev–Trinajstić information content (AvgIpc) is 2.96. The summed E-state index contributed by atoms with van der Waals surface area (Å²) >= 11 is 18.5. The summed E-state index contributed by atoms with van der Waals surface area (Å²) in [5, 5.41) is 3.94. The van der Waals surface area contributed by atoms with Crippen LogP contribution < -0.4 is 14.4 Å². The summed E-state index contributed by atoms with van der Waals surface area (Å²) in [6.07, 6.45) is 1.66. The molecule has 1 atom stereocenters. The summed E-state index contributed by atoms with van der Waals surface area (Å²) in [5.41, 5.74) is 0.719. The van der Waals surface area contributed by atoms with Crippen LogP contribution in [0.1, 0.15) is 39.2 Å². The van der Waals surface area contributed by atoms with Gasteiger partial charge in [-0.2, -0.15) is 0 Å². The summed E-state index contributed by atoms with van der Waals surface area (Å²) in [5.74, 6) is -0.713. The number of nitrogens with zero attached hydrogens (tertiary/aromatic N) is 2. The molecule has 0 unspecified atom stereocenters. The molecule has 42 heavy (non-hydrogen) atoms. The molecule has 0 aliphatic carbocycles.